The van der Waals surface area contributed by atoms with Crippen LogP contribution in [0.4, 0.5) is 0 Å². The van der Waals surface area contributed by atoms with Crippen molar-refractivity contribution in [2.45, 2.75) is 19.9 Å². The predicted molar refractivity (Wildman–Crippen MR) is 110 cm³/mol. The third kappa shape index (κ3) is 3.29. The molecule has 1 amide bonds. The lowest BCUT2D eigenvalue weighted by atomic mass is 9.98. The molecule has 29 heavy (non-hydrogen) atoms. The normalized spacial score (nSPS) is 15.8. The van der Waals surface area contributed by atoms with Gasteiger partial charge in [-0.2, -0.15) is 0 Å². The number of fused-ring (bicyclic) bond motifs is 2. The maximum absolute atomic E-state index is 13.4. The standard InChI is InChI=1S/C23H23NO5/c1-4-28-16-8-6-15(7-9-16)20-19-21(25)17-13-14(2)5-10-18(17)29-22(19)23(26)24(20)11-12-27-3/h5-10,13,20H,4,11-12H2,1-3H3. The largest absolute Gasteiger partial charge is 0.494 e. The molecule has 3 aromatic rings. The summed E-state index contributed by atoms with van der Waals surface area (Å²) in [6.45, 7) is 5.13. The fourth-order valence-electron chi connectivity index (χ4n) is 3.81. The molecule has 6 heteroatoms. The zero-order valence-corrected chi connectivity index (χ0v) is 16.7. The SMILES string of the molecule is CCOc1ccc(C2c3c(oc4ccc(C)cc4c3=O)C(=O)N2CCOC)cc1. The van der Waals surface area contributed by atoms with Crippen molar-refractivity contribution in [3.05, 3.63) is 75.1 Å². The summed E-state index contributed by atoms with van der Waals surface area (Å²) in [7, 11) is 1.58. The minimum Gasteiger partial charge on any atom is -0.494 e. The smallest absolute Gasteiger partial charge is 0.290 e. The molecule has 0 bridgehead atoms. The van der Waals surface area contributed by atoms with Crippen LogP contribution in [0.1, 0.15) is 40.2 Å². The average Bonchev–Trinajstić information content (AvgIpc) is 3.00. The zero-order valence-electron chi connectivity index (χ0n) is 16.7. The van der Waals surface area contributed by atoms with Gasteiger partial charge in [0.25, 0.3) is 5.91 Å². The van der Waals surface area contributed by atoms with Crippen molar-refractivity contribution in [1.82, 2.24) is 4.90 Å². The van der Waals surface area contributed by atoms with Gasteiger partial charge >= 0.3 is 0 Å². The van der Waals surface area contributed by atoms with Crippen LogP contribution in [-0.4, -0.2) is 37.7 Å². The molecule has 0 N–H and O–H groups in total. The summed E-state index contributed by atoms with van der Waals surface area (Å²) in [5, 5.41) is 0.487. The number of benzene rings is 2. The van der Waals surface area contributed by atoms with E-state index in [1.807, 2.05) is 44.2 Å². The van der Waals surface area contributed by atoms with Gasteiger partial charge in [0.2, 0.25) is 5.76 Å². The van der Waals surface area contributed by atoms with E-state index in [4.69, 9.17) is 13.9 Å². The lowest BCUT2D eigenvalue weighted by Gasteiger charge is -2.25. The van der Waals surface area contributed by atoms with Crippen LogP contribution in [0.3, 0.4) is 0 Å². The van der Waals surface area contributed by atoms with Gasteiger partial charge < -0.3 is 18.8 Å². The van der Waals surface area contributed by atoms with E-state index < -0.39 is 6.04 Å². The molecule has 0 spiro atoms. The first kappa shape index (κ1) is 19.2. The van der Waals surface area contributed by atoms with Crippen molar-refractivity contribution in [1.29, 1.82) is 0 Å². The quantitative estimate of drug-likeness (QED) is 0.639. The fourth-order valence-corrected chi connectivity index (χ4v) is 3.81. The molecule has 2 heterocycles. The molecule has 1 atom stereocenters. The number of hydrogen-bond acceptors (Lipinski definition) is 5. The van der Waals surface area contributed by atoms with Gasteiger partial charge in [0, 0.05) is 13.7 Å². The van der Waals surface area contributed by atoms with Gasteiger partial charge in [-0.15, -0.1) is 0 Å². The van der Waals surface area contributed by atoms with E-state index in [1.165, 1.54) is 0 Å². The lowest BCUT2D eigenvalue weighted by Crippen LogP contribution is -2.32. The number of ether oxygens (including phenoxy) is 2. The molecule has 0 saturated carbocycles. The summed E-state index contributed by atoms with van der Waals surface area (Å²) < 4.78 is 16.6. The Morgan fingerprint density at radius 3 is 2.55 bits per heavy atom. The van der Waals surface area contributed by atoms with Gasteiger partial charge in [0.15, 0.2) is 5.43 Å². The van der Waals surface area contributed by atoms with E-state index in [0.717, 1.165) is 16.9 Å². The number of aryl methyl sites for hydroxylation is 1. The highest BCUT2D eigenvalue weighted by Gasteiger charge is 2.42. The van der Waals surface area contributed by atoms with E-state index >= 15 is 0 Å². The van der Waals surface area contributed by atoms with Crippen LogP contribution in [0, 0.1) is 6.92 Å². The number of hydrogen-bond donors (Lipinski definition) is 0. The lowest BCUT2D eigenvalue weighted by molar-refractivity contribution is 0.0663. The van der Waals surface area contributed by atoms with Crippen molar-refractivity contribution >= 4 is 16.9 Å². The zero-order chi connectivity index (χ0) is 20.5. The van der Waals surface area contributed by atoms with E-state index in [1.54, 1.807) is 24.1 Å². The van der Waals surface area contributed by atoms with Gasteiger partial charge in [-0.05, 0) is 43.7 Å². The number of amides is 1. The van der Waals surface area contributed by atoms with Crippen LogP contribution in [-0.2, 0) is 4.74 Å². The summed E-state index contributed by atoms with van der Waals surface area (Å²) in [6.07, 6.45) is 0. The Balaban J connectivity index is 1.90. The molecule has 1 aliphatic rings. The second kappa shape index (κ2) is 7.72. The van der Waals surface area contributed by atoms with Crippen LogP contribution >= 0.6 is 0 Å². The van der Waals surface area contributed by atoms with Crippen LogP contribution in [0.25, 0.3) is 11.0 Å². The van der Waals surface area contributed by atoms with Crippen molar-refractivity contribution in [2.75, 3.05) is 26.9 Å². The Labute approximate surface area is 168 Å². The van der Waals surface area contributed by atoms with Crippen LogP contribution < -0.4 is 10.2 Å². The summed E-state index contributed by atoms with van der Waals surface area (Å²) in [5.74, 6) is 0.558. The van der Waals surface area contributed by atoms with Crippen LogP contribution in [0.15, 0.2) is 51.7 Å². The monoisotopic (exact) mass is 393 g/mol. The Morgan fingerprint density at radius 1 is 1.10 bits per heavy atom. The number of methoxy groups -OCH3 is 1. The molecule has 1 aliphatic heterocycles. The fraction of sp³-hybridized carbons (Fsp3) is 0.304. The van der Waals surface area contributed by atoms with E-state index in [0.29, 0.717) is 36.3 Å². The molecule has 2 aromatic carbocycles. The summed E-state index contributed by atoms with van der Waals surface area (Å²) in [5.41, 5.74) is 2.43. The van der Waals surface area contributed by atoms with Crippen LogP contribution in [0.5, 0.6) is 5.75 Å². The second-order valence-electron chi connectivity index (χ2n) is 7.07. The predicted octanol–water partition coefficient (Wildman–Crippen LogP) is 3.69. The highest BCUT2D eigenvalue weighted by Crippen LogP contribution is 2.38. The maximum atomic E-state index is 13.4. The van der Waals surface area contributed by atoms with Crippen LogP contribution in [0.2, 0.25) is 0 Å². The van der Waals surface area contributed by atoms with Crippen molar-refractivity contribution in [2.24, 2.45) is 0 Å². The summed E-state index contributed by atoms with van der Waals surface area (Å²) >= 11 is 0. The van der Waals surface area contributed by atoms with E-state index in [2.05, 4.69) is 0 Å². The van der Waals surface area contributed by atoms with Gasteiger partial charge in [-0.25, -0.2) is 0 Å². The second-order valence-corrected chi connectivity index (χ2v) is 7.07. The first-order valence-electron chi connectivity index (χ1n) is 9.65. The minimum absolute atomic E-state index is 0.112. The molecule has 1 aromatic heterocycles. The minimum atomic E-state index is -0.524. The Hall–Kier alpha value is -3.12. The van der Waals surface area contributed by atoms with Crippen molar-refractivity contribution < 1.29 is 18.7 Å². The third-order valence-corrected chi connectivity index (χ3v) is 5.16. The van der Waals surface area contributed by atoms with Gasteiger partial charge in [-0.3, -0.25) is 9.59 Å². The van der Waals surface area contributed by atoms with Gasteiger partial charge in [-0.1, -0.05) is 23.8 Å². The summed E-state index contributed by atoms with van der Waals surface area (Å²) in [6, 6.07) is 12.4. The molecule has 0 saturated heterocycles. The molecule has 0 fully saturated rings. The molecule has 1 unspecified atom stereocenters. The molecule has 6 nitrogen and oxygen atoms in total. The maximum Gasteiger partial charge on any atom is 0.290 e. The Morgan fingerprint density at radius 2 is 1.86 bits per heavy atom. The average molecular weight is 393 g/mol. The molecule has 0 radical (unpaired) electrons. The van der Waals surface area contributed by atoms with Gasteiger partial charge in [0.1, 0.15) is 11.3 Å². The molecule has 4 rings (SSSR count). The van der Waals surface area contributed by atoms with Crippen molar-refractivity contribution in [3.8, 4) is 5.75 Å². The Kier molecular flexibility index (Phi) is 5.11. The molecule has 0 aliphatic carbocycles. The van der Waals surface area contributed by atoms with Gasteiger partial charge in [0.05, 0.1) is 30.2 Å². The first-order chi connectivity index (χ1) is 14.0. The number of rotatable bonds is 6. The van der Waals surface area contributed by atoms with Crippen molar-refractivity contribution in [3.63, 3.8) is 0 Å². The number of carbonyl (C=O) groups is 1. The topological polar surface area (TPSA) is 69.0 Å². The highest BCUT2D eigenvalue weighted by atomic mass is 16.5. The first-order valence-corrected chi connectivity index (χ1v) is 9.65. The molecular weight excluding hydrogens is 370 g/mol. The Bertz CT molecular complexity index is 1120. The number of carbonyl (C=O) groups excluding carboxylic acids is 1. The highest BCUT2D eigenvalue weighted by molar-refractivity contribution is 5.99. The number of nitrogens with zero attached hydrogens (tertiary/aromatic N) is 1. The van der Waals surface area contributed by atoms with E-state index in [-0.39, 0.29) is 17.1 Å². The van der Waals surface area contributed by atoms with E-state index in [9.17, 15) is 9.59 Å². The third-order valence-electron chi connectivity index (χ3n) is 5.16. The molecular formula is C23H23NO5. The molecule has 150 valence electrons. The summed E-state index contributed by atoms with van der Waals surface area (Å²) in [4.78, 5) is 28.2.